The number of rotatable bonds is 5. The molecule has 6 rings (SSSR count). The van der Waals surface area contributed by atoms with E-state index in [1.54, 1.807) is 21.4 Å². The third kappa shape index (κ3) is 3.68. The van der Waals surface area contributed by atoms with E-state index in [-0.39, 0.29) is 17.0 Å². The molecule has 0 amide bonds. The van der Waals surface area contributed by atoms with E-state index in [9.17, 15) is 9.18 Å². The normalized spacial score (nSPS) is 14.9. The van der Waals surface area contributed by atoms with Crippen LogP contribution in [0.3, 0.4) is 0 Å². The zero-order valence-corrected chi connectivity index (χ0v) is 21.0. The molecule has 188 valence electrons. The van der Waals surface area contributed by atoms with Gasteiger partial charge in [0, 0.05) is 11.6 Å². The number of nitrogens with two attached hydrogens (primary N) is 1. The van der Waals surface area contributed by atoms with Gasteiger partial charge in [-0.25, -0.2) is 24.0 Å². The van der Waals surface area contributed by atoms with E-state index < -0.39 is 11.9 Å². The first-order valence-corrected chi connectivity index (χ1v) is 12.6. The first kappa shape index (κ1) is 23.3. The second-order valence-electron chi connectivity index (χ2n) is 10.1. The van der Waals surface area contributed by atoms with Crippen LogP contribution >= 0.6 is 0 Å². The molecule has 8 nitrogen and oxygen atoms in total. The van der Waals surface area contributed by atoms with E-state index in [2.05, 4.69) is 35.9 Å². The number of nitrogen functional groups attached to an aromatic ring is 1. The summed E-state index contributed by atoms with van der Waals surface area (Å²) in [5, 5.41) is 5.62. The SMILES string of the molecule is CC(C)c1ccc(-c2nn(C(C)c3nc4cccc(F)c4c(=O)n3C3CCC3)c3ncnc(N)c23)cc1. The summed E-state index contributed by atoms with van der Waals surface area (Å²) in [6.45, 7) is 6.23. The van der Waals surface area contributed by atoms with Crippen molar-refractivity contribution >= 4 is 27.8 Å². The van der Waals surface area contributed by atoms with Crippen molar-refractivity contribution in [3.05, 3.63) is 76.4 Å². The van der Waals surface area contributed by atoms with Gasteiger partial charge in [0.2, 0.25) is 0 Å². The molecule has 0 saturated heterocycles. The molecule has 0 spiro atoms. The van der Waals surface area contributed by atoms with Gasteiger partial charge in [0.1, 0.15) is 40.9 Å². The van der Waals surface area contributed by atoms with E-state index in [1.807, 2.05) is 19.1 Å². The van der Waals surface area contributed by atoms with Crippen molar-refractivity contribution in [2.24, 2.45) is 0 Å². The maximum absolute atomic E-state index is 14.7. The minimum Gasteiger partial charge on any atom is -0.383 e. The van der Waals surface area contributed by atoms with Gasteiger partial charge in [0.25, 0.3) is 5.56 Å². The molecule has 1 fully saturated rings. The van der Waals surface area contributed by atoms with Crippen LogP contribution in [0.15, 0.2) is 53.6 Å². The molecule has 1 aliphatic rings. The average Bonchev–Trinajstić information content (AvgIpc) is 3.25. The fraction of sp³-hybridized carbons (Fsp3) is 0.321. The Hall–Kier alpha value is -4.14. The Morgan fingerprint density at radius 1 is 1.03 bits per heavy atom. The van der Waals surface area contributed by atoms with E-state index >= 15 is 0 Å². The lowest BCUT2D eigenvalue weighted by Gasteiger charge is -2.31. The van der Waals surface area contributed by atoms with E-state index in [1.165, 1.54) is 18.0 Å². The van der Waals surface area contributed by atoms with Gasteiger partial charge in [-0.2, -0.15) is 5.10 Å². The second-order valence-corrected chi connectivity index (χ2v) is 10.1. The van der Waals surface area contributed by atoms with E-state index in [0.717, 1.165) is 24.8 Å². The molecule has 1 saturated carbocycles. The molecular weight excluding hydrogens is 469 g/mol. The lowest BCUT2D eigenvalue weighted by Crippen LogP contribution is -2.35. The van der Waals surface area contributed by atoms with Gasteiger partial charge in [-0.05, 0) is 49.8 Å². The predicted molar refractivity (Wildman–Crippen MR) is 142 cm³/mol. The van der Waals surface area contributed by atoms with Crippen LogP contribution in [-0.2, 0) is 0 Å². The summed E-state index contributed by atoms with van der Waals surface area (Å²) < 4.78 is 18.1. The van der Waals surface area contributed by atoms with Crippen molar-refractivity contribution in [1.82, 2.24) is 29.3 Å². The Balaban J connectivity index is 1.57. The van der Waals surface area contributed by atoms with Crippen molar-refractivity contribution in [1.29, 1.82) is 0 Å². The number of halogens is 1. The molecule has 3 heterocycles. The molecule has 0 aliphatic heterocycles. The highest BCUT2D eigenvalue weighted by Crippen LogP contribution is 2.36. The largest absolute Gasteiger partial charge is 0.383 e. The monoisotopic (exact) mass is 497 g/mol. The van der Waals surface area contributed by atoms with Crippen LogP contribution in [0.25, 0.3) is 33.2 Å². The summed E-state index contributed by atoms with van der Waals surface area (Å²) in [6.07, 6.45) is 4.13. The molecule has 5 aromatic rings. The van der Waals surface area contributed by atoms with Crippen LogP contribution in [0, 0.1) is 5.82 Å². The van der Waals surface area contributed by atoms with Crippen LogP contribution in [0.2, 0.25) is 0 Å². The molecule has 9 heteroatoms. The lowest BCUT2D eigenvalue weighted by molar-refractivity contribution is 0.288. The fourth-order valence-electron chi connectivity index (χ4n) is 5.11. The summed E-state index contributed by atoms with van der Waals surface area (Å²) in [7, 11) is 0. The fourth-order valence-corrected chi connectivity index (χ4v) is 5.11. The highest BCUT2D eigenvalue weighted by atomic mass is 19.1. The lowest BCUT2D eigenvalue weighted by atomic mass is 9.92. The third-order valence-electron chi connectivity index (χ3n) is 7.46. The smallest absolute Gasteiger partial charge is 0.264 e. The van der Waals surface area contributed by atoms with Crippen LogP contribution in [0.1, 0.15) is 69.4 Å². The summed E-state index contributed by atoms with van der Waals surface area (Å²) in [5.41, 5.74) is 9.64. The Labute approximate surface area is 213 Å². The van der Waals surface area contributed by atoms with Crippen LogP contribution < -0.4 is 11.3 Å². The van der Waals surface area contributed by atoms with Gasteiger partial charge in [0.15, 0.2) is 5.65 Å². The van der Waals surface area contributed by atoms with Gasteiger partial charge < -0.3 is 5.73 Å². The highest BCUT2D eigenvalue weighted by Gasteiger charge is 2.30. The number of benzene rings is 2. The van der Waals surface area contributed by atoms with E-state index in [0.29, 0.717) is 39.8 Å². The van der Waals surface area contributed by atoms with Gasteiger partial charge in [-0.1, -0.05) is 44.2 Å². The Morgan fingerprint density at radius 3 is 2.46 bits per heavy atom. The van der Waals surface area contributed by atoms with E-state index in [4.69, 9.17) is 15.8 Å². The molecule has 1 aliphatic carbocycles. The molecule has 2 aromatic carbocycles. The van der Waals surface area contributed by atoms with Crippen molar-refractivity contribution in [2.75, 3.05) is 5.73 Å². The molecular formula is C28H28FN7O. The van der Waals surface area contributed by atoms with Gasteiger partial charge in [0.05, 0.1) is 10.9 Å². The molecule has 37 heavy (non-hydrogen) atoms. The maximum atomic E-state index is 14.7. The van der Waals surface area contributed by atoms with Gasteiger partial charge in [-0.3, -0.25) is 9.36 Å². The van der Waals surface area contributed by atoms with Crippen molar-refractivity contribution in [2.45, 2.75) is 58.0 Å². The van der Waals surface area contributed by atoms with Crippen LogP contribution in [0.5, 0.6) is 0 Å². The molecule has 0 radical (unpaired) electrons. The topological polar surface area (TPSA) is 105 Å². The zero-order chi connectivity index (χ0) is 25.8. The minimum atomic E-state index is -0.556. The van der Waals surface area contributed by atoms with Crippen molar-refractivity contribution in [3.8, 4) is 11.3 Å². The highest BCUT2D eigenvalue weighted by molar-refractivity contribution is 5.98. The third-order valence-corrected chi connectivity index (χ3v) is 7.46. The molecule has 1 atom stereocenters. The summed E-state index contributed by atoms with van der Waals surface area (Å²) >= 11 is 0. The van der Waals surface area contributed by atoms with Gasteiger partial charge >= 0.3 is 0 Å². The molecule has 3 aromatic heterocycles. The number of hydrogen-bond acceptors (Lipinski definition) is 6. The molecule has 2 N–H and O–H groups in total. The number of aromatic nitrogens is 6. The minimum absolute atomic E-state index is 0.0215. The quantitative estimate of drug-likeness (QED) is 0.349. The number of nitrogens with zero attached hydrogens (tertiary/aromatic N) is 6. The maximum Gasteiger partial charge on any atom is 0.264 e. The Bertz CT molecular complexity index is 1700. The van der Waals surface area contributed by atoms with Crippen LogP contribution in [-0.4, -0.2) is 29.3 Å². The summed E-state index contributed by atoms with van der Waals surface area (Å²) in [5.74, 6) is 0.704. The van der Waals surface area contributed by atoms with Gasteiger partial charge in [-0.15, -0.1) is 0 Å². The first-order valence-electron chi connectivity index (χ1n) is 12.6. The summed E-state index contributed by atoms with van der Waals surface area (Å²) in [4.78, 5) is 27.1. The zero-order valence-electron chi connectivity index (χ0n) is 21.0. The van der Waals surface area contributed by atoms with Crippen LogP contribution in [0.4, 0.5) is 10.2 Å². The summed E-state index contributed by atoms with van der Waals surface area (Å²) in [6, 6.07) is 12.3. The Kier molecular flexibility index (Phi) is 5.51. The number of fused-ring (bicyclic) bond motifs is 2. The predicted octanol–water partition coefficient (Wildman–Crippen LogP) is 5.38. The number of anilines is 1. The Morgan fingerprint density at radius 2 is 1.78 bits per heavy atom. The van der Waals surface area contributed by atoms with Crippen molar-refractivity contribution < 1.29 is 4.39 Å². The second kappa shape index (κ2) is 8.76. The molecule has 1 unspecified atom stereocenters. The molecule has 0 bridgehead atoms. The standard InChI is InChI=1S/C28H28FN7O/c1-15(2)17-10-12-18(13-11-17)24-23-25(30)31-14-32-27(23)36(34-24)16(3)26-33-21-9-5-8-20(29)22(21)28(37)35(26)19-6-4-7-19/h5,8-16,19H,4,6-7H2,1-3H3,(H2,30,31,32). The average molecular weight is 498 g/mol. The number of hydrogen-bond donors (Lipinski definition) is 1. The first-order chi connectivity index (χ1) is 17.8. The van der Waals surface area contributed by atoms with Crippen molar-refractivity contribution in [3.63, 3.8) is 0 Å².